The maximum absolute atomic E-state index is 11.7. The Bertz CT molecular complexity index is 280. The highest BCUT2D eigenvalue weighted by Gasteiger charge is 2.35. The van der Waals surface area contributed by atoms with E-state index in [0.717, 1.165) is 12.8 Å². The third-order valence-electron chi connectivity index (χ3n) is 2.33. The Hall–Kier alpha value is -1.59. The number of carbonyl (C=O) groups is 3. The number of nitrogens with zero attached hydrogens (tertiary/aromatic N) is 1. The van der Waals surface area contributed by atoms with E-state index in [-0.39, 0.29) is 24.9 Å². The Morgan fingerprint density at radius 2 is 1.50 bits per heavy atom. The van der Waals surface area contributed by atoms with E-state index >= 15 is 0 Å². The first-order chi connectivity index (χ1) is 7.58. The van der Waals surface area contributed by atoms with Gasteiger partial charge >= 0.3 is 11.9 Å². The van der Waals surface area contributed by atoms with Crippen LogP contribution in [0.3, 0.4) is 0 Å². The smallest absolute Gasteiger partial charge is 0.325 e. The molecule has 1 amide bonds. The first-order valence-corrected chi connectivity index (χ1v) is 5.01. The summed E-state index contributed by atoms with van der Waals surface area (Å²) in [7, 11) is 2.47. The highest BCUT2D eigenvalue weighted by molar-refractivity contribution is 5.88. The highest BCUT2D eigenvalue weighted by atomic mass is 16.5. The van der Waals surface area contributed by atoms with E-state index in [1.54, 1.807) is 0 Å². The molecule has 1 aliphatic rings. The lowest BCUT2D eigenvalue weighted by molar-refractivity contribution is -0.152. The predicted octanol–water partition coefficient (Wildman–Crippen LogP) is -0.429. The summed E-state index contributed by atoms with van der Waals surface area (Å²) in [6, 6.07) is 0. The lowest BCUT2D eigenvalue weighted by atomic mass is 10.3. The molecule has 1 aliphatic carbocycles. The Balaban J connectivity index is 2.56. The molecule has 0 aromatic carbocycles. The number of amides is 1. The summed E-state index contributed by atoms with van der Waals surface area (Å²) in [6.45, 7) is -0.415. The van der Waals surface area contributed by atoms with Crippen molar-refractivity contribution in [2.24, 2.45) is 5.92 Å². The zero-order valence-corrected chi connectivity index (χ0v) is 9.39. The van der Waals surface area contributed by atoms with Crippen molar-refractivity contribution in [3.8, 4) is 0 Å². The van der Waals surface area contributed by atoms with Crippen molar-refractivity contribution in [2.45, 2.75) is 12.8 Å². The van der Waals surface area contributed by atoms with Gasteiger partial charge in [-0.1, -0.05) is 0 Å². The fourth-order valence-electron chi connectivity index (χ4n) is 1.24. The van der Waals surface area contributed by atoms with Gasteiger partial charge in [-0.2, -0.15) is 0 Å². The number of carbonyl (C=O) groups excluding carboxylic acids is 3. The van der Waals surface area contributed by atoms with Crippen LogP contribution >= 0.6 is 0 Å². The van der Waals surface area contributed by atoms with Crippen molar-refractivity contribution in [3.63, 3.8) is 0 Å². The van der Waals surface area contributed by atoms with Gasteiger partial charge in [0.05, 0.1) is 14.2 Å². The van der Waals surface area contributed by atoms with Crippen molar-refractivity contribution in [1.29, 1.82) is 0 Å². The summed E-state index contributed by atoms with van der Waals surface area (Å²) in [6.07, 6.45) is 1.63. The summed E-state index contributed by atoms with van der Waals surface area (Å²) >= 11 is 0. The molecule has 0 N–H and O–H groups in total. The Kier molecular flexibility index (Phi) is 4.28. The van der Waals surface area contributed by atoms with Crippen molar-refractivity contribution >= 4 is 17.8 Å². The van der Waals surface area contributed by atoms with Crippen molar-refractivity contribution in [1.82, 2.24) is 4.90 Å². The molecular weight excluding hydrogens is 214 g/mol. The largest absolute Gasteiger partial charge is 0.468 e. The molecule has 6 heteroatoms. The van der Waals surface area contributed by atoms with E-state index in [1.807, 2.05) is 0 Å². The second-order valence-electron chi connectivity index (χ2n) is 3.62. The van der Waals surface area contributed by atoms with E-state index in [1.165, 1.54) is 19.1 Å². The average molecular weight is 229 g/mol. The molecule has 0 spiro atoms. The molecule has 0 atom stereocenters. The second-order valence-corrected chi connectivity index (χ2v) is 3.62. The summed E-state index contributed by atoms with van der Waals surface area (Å²) in [5.41, 5.74) is 0. The van der Waals surface area contributed by atoms with Crippen molar-refractivity contribution in [2.75, 3.05) is 27.3 Å². The zero-order chi connectivity index (χ0) is 12.1. The molecule has 0 unspecified atom stereocenters. The molecule has 0 radical (unpaired) electrons. The Morgan fingerprint density at radius 3 is 1.81 bits per heavy atom. The monoisotopic (exact) mass is 229 g/mol. The summed E-state index contributed by atoms with van der Waals surface area (Å²) < 4.78 is 8.92. The maximum atomic E-state index is 11.7. The molecule has 0 aromatic heterocycles. The van der Waals surface area contributed by atoms with Crippen molar-refractivity contribution in [3.05, 3.63) is 0 Å². The predicted molar refractivity (Wildman–Crippen MR) is 53.3 cm³/mol. The molecule has 0 bridgehead atoms. The van der Waals surface area contributed by atoms with Crippen molar-refractivity contribution < 1.29 is 23.9 Å². The van der Waals surface area contributed by atoms with Gasteiger partial charge in [-0.3, -0.25) is 14.4 Å². The van der Waals surface area contributed by atoms with Gasteiger partial charge < -0.3 is 14.4 Å². The van der Waals surface area contributed by atoms with Gasteiger partial charge in [0.25, 0.3) is 0 Å². The van der Waals surface area contributed by atoms with Crippen LogP contribution in [0.2, 0.25) is 0 Å². The Labute approximate surface area is 93.5 Å². The average Bonchev–Trinajstić information content (AvgIpc) is 3.10. The van der Waals surface area contributed by atoms with Crippen LogP contribution < -0.4 is 0 Å². The van der Waals surface area contributed by atoms with E-state index in [2.05, 4.69) is 9.47 Å². The minimum atomic E-state index is -0.544. The van der Waals surface area contributed by atoms with Gasteiger partial charge in [0.15, 0.2) is 0 Å². The molecular formula is C10H15NO5. The quantitative estimate of drug-likeness (QED) is 0.598. The molecule has 0 aromatic rings. The number of rotatable bonds is 5. The molecule has 6 nitrogen and oxygen atoms in total. The van der Waals surface area contributed by atoms with E-state index in [4.69, 9.17) is 0 Å². The van der Waals surface area contributed by atoms with Crippen LogP contribution in [0, 0.1) is 5.92 Å². The number of hydrogen-bond donors (Lipinski definition) is 0. The topological polar surface area (TPSA) is 72.9 Å². The van der Waals surface area contributed by atoms with Crippen LogP contribution in [0.1, 0.15) is 12.8 Å². The molecule has 90 valence electrons. The zero-order valence-electron chi connectivity index (χ0n) is 9.39. The fraction of sp³-hybridized carbons (Fsp3) is 0.700. The van der Waals surface area contributed by atoms with Gasteiger partial charge in [-0.05, 0) is 12.8 Å². The van der Waals surface area contributed by atoms with E-state index in [9.17, 15) is 14.4 Å². The molecule has 0 heterocycles. The van der Waals surface area contributed by atoms with Gasteiger partial charge in [0.2, 0.25) is 5.91 Å². The lowest BCUT2D eigenvalue weighted by Crippen LogP contribution is -2.41. The van der Waals surface area contributed by atoms with E-state index < -0.39 is 11.9 Å². The normalized spacial score (nSPS) is 14.1. The van der Waals surface area contributed by atoms with Crippen LogP contribution in [0.5, 0.6) is 0 Å². The minimum absolute atomic E-state index is 0.0469. The third kappa shape index (κ3) is 3.52. The number of ether oxygens (including phenoxy) is 2. The first kappa shape index (κ1) is 12.5. The summed E-state index contributed by atoms with van der Waals surface area (Å²) in [4.78, 5) is 35.0. The SMILES string of the molecule is COC(=O)CN(CC(=O)OC)C(=O)C1CC1. The number of methoxy groups -OCH3 is 2. The van der Waals surface area contributed by atoms with Gasteiger partial charge in [-0.25, -0.2) is 0 Å². The lowest BCUT2D eigenvalue weighted by Gasteiger charge is -2.19. The Morgan fingerprint density at radius 1 is 1.06 bits per heavy atom. The molecule has 0 saturated heterocycles. The molecule has 0 aliphatic heterocycles. The molecule has 1 fully saturated rings. The van der Waals surface area contributed by atoms with Crippen LogP contribution in [0.4, 0.5) is 0 Å². The highest BCUT2D eigenvalue weighted by Crippen LogP contribution is 2.30. The van der Waals surface area contributed by atoms with Crippen LogP contribution in [0.25, 0.3) is 0 Å². The molecule has 1 saturated carbocycles. The van der Waals surface area contributed by atoms with Gasteiger partial charge in [-0.15, -0.1) is 0 Å². The fourth-order valence-corrected chi connectivity index (χ4v) is 1.24. The molecule has 16 heavy (non-hydrogen) atoms. The minimum Gasteiger partial charge on any atom is -0.468 e. The number of hydrogen-bond acceptors (Lipinski definition) is 5. The van der Waals surface area contributed by atoms with Crippen LogP contribution in [-0.4, -0.2) is 50.1 Å². The third-order valence-corrected chi connectivity index (χ3v) is 2.33. The summed E-state index contributed by atoms with van der Waals surface area (Å²) in [5, 5.41) is 0. The molecule has 1 rings (SSSR count). The van der Waals surface area contributed by atoms with Crippen LogP contribution in [0.15, 0.2) is 0 Å². The first-order valence-electron chi connectivity index (χ1n) is 5.01. The van der Waals surface area contributed by atoms with Crippen LogP contribution in [-0.2, 0) is 23.9 Å². The summed E-state index contributed by atoms with van der Waals surface area (Å²) in [5.74, 6) is -1.32. The maximum Gasteiger partial charge on any atom is 0.325 e. The van der Waals surface area contributed by atoms with Gasteiger partial charge in [0.1, 0.15) is 13.1 Å². The van der Waals surface area contributed by atoms with Gasteiger partial charge in [0, 0.05) is 5.92 Å². The second kappa shape index (κ2) is 5.48. The standard InChI is InChI=1S/C10H15NO5/c1-15-8(12)5-11(6-9(13)16-2)10(14)7-3-4-7/h7H,3-6H2,1-2H3. The number of esters is 2. The van der Waals surface area contributed by atoms with E-state index in [0.29, 0.717) is 0 Å².